The molecule has 0 bridgehead atoms. The van der Waals surface area contributed by atoms with Crippen LogP contribution in [0.3, 0.4) is 0 Å². The topological polar surface area (TPSA) is 65.5 Å². The standard InChI is InChI=1S/C15H27N3O2S/c1-7-18(10-15(5,6)20)13(19)16-8-11-9-21-12(17-11)14(2,3)4/h9,20H,7-8,10H2,1-6H3,(H,16,19). The number of nitrogens with zero attached hydrogens (tertiary/aromatic N) is 2. The maximum absolute atomic E-state index is 12.1. The quantitative estimate of drug-likeness (QED) is 0.878. The van der Waals surface area contributed by atoms with Crippen molar-refractivity contribution in [3.05, 3.63) is 16.1 Å². The Morgan fingerprint density at radius 2 is 2.00 bits per heavy atom. The molecule has 0 saturated carbocycles. The molecule has 1 aromatic rings. The zero-order valence-electron chi connectivity index (χ0n) is 13.9. The molecule has 21 heavy (non-hydrogen) atoms. The van der Waals surface area contributed by atoms with Crippen LogP contribution in [0.1, 0.15) is 52.2 Å². The smallest absolute Gasteiger partial charge is 0.317 e. The first-order valence-corrected chi connectivity index (χ1v) is 8.11. The van der Waals surface area contributed by atoms with E-state index in [0.717, 1.165) is 10.7 Å². The highest BCUT2D eigenvalue weighted by Gasteiger charge is 2.22. The van der Waals surface area contributed by atoms with Crippen molar-refractivity contribution in [2.45, 2.75) is 59.1 Å². The number of likely N-dealkylation sites (N-methyl/N-ethyl adjacent to an activating group) is 1. The van der Waals surface area contributed by atoms with E-state index in [1.54, 1.807) is 30.1 Å². The maximum Gasteiger partial charge on any atom is 0.317 e. The third-order valence-corrected chi connectivity index (χ3v) is 4.18. The fraction of sp³-hybridized carbons (Fsp3) is 0.733. The first-order valence-electron chi connectivity index (χ1n) is 7.23. The van der Waals surface area contributed by atoms with Crippen LogP contribution in [0.25, 0.3) is 0 Å². The van der Waals surface area contributed by atoms with Crippen LogP contribution in [0.5, 0.6) is 0 Å². The van der Waals surface area contributed by atoms with Crippen LogP contribution >= 0.6 is 11.3 Å². The van der Waals surface area contributed by atoms with Crippen molar-refractivity contribution in [2.24, 2.45) is 0 Å². The third kappa shape index (κ3) is 6.01. The average molecular weight is 313 g/mol. The van der Waals surface area contributed by atoms with Crippen LogP contribution in [0.2, 0.25) is 0 Å². The number of hydrogen-bond acceptors (Lipinski definition) is 4. The van der Waals surface area contributed by atoms with Crippen LogP contribution in [-0.4, -0.2) is 39.7 Å². The number of carbonyl (C=O) groups is 1. The Bertz CT molecular complexity index is 472. The Kier molecular flexibility index (Phi) is 5.75. The van der Waals surface area contributed by atoms with E-state index in [9.17, 15) is 9.90 Å². The Hall–Kier alpha value is -1.14. The number of rotatable bonds is 5. The van der Waals surface area contributed by atoms with Gasteiger partial charge < -0.3 is 15.3 Å². The number of aromatic nitrogens is 1. The number of nitrogens with one attached hydrogen (secondary N) is 1. The van der Waals surface area contributed by atoms with Crippen molar-refractivity contribution in [1.82, 2.24) is 15.2 Å². The minimum Gasteiger partial charge on any atom is -0.389 e. The molecule has 6 heteroatoms. The van der Waals surface area contributed by atoms with Crippen molar-refractivity contribution in [1.29, 1.82) is 0 Å². The van der Waals surface area contributed by atoms with Crippen LogP contribution in [-0.2, 0) is 12.0 Å². The molecule has 2 amide bonds. The number of aliphatic hydroxyl groups is 1. The molecule has 0 radical (unpaired) electrons. The summed E-state index contributed by atoms with van der Waals surface area (Å²) in [5, 5.41) is 15.7. The van der Waals surface area contributed by atoms with Crippen LogP contribution in [0, 0.1) is 0 Å². The Labute approximate surface area is 131 Å². The van der Waals surface area contributed by atoms with E-state index in [-0.39, 0.29) is 11.4 Å². The summed E-state index contributed by atoms with van der Waals surface area (Å²) in [6, 6.07) is -0.176. The van der Waals surface area contributed by atoms with Gasteiger partial charge in [0.05, 0.1) is 29.4 Å². The molecule has 0 spiro atoms. The Morgan fingerprint density at radius 1 is 1.38 bits per heavy atom. The summed E-state index contributed by atoms with van der Waals surface area (Å²) in [4.78, 5) is 18.3. The van der Waals surface area contributed by atoms with Gasteiger partial charge >= 0.3 is 6.03 Å². The molecule has 1 rings (SSSR count). The summed E-state index contributed by atoms with van der Waals surface area (Å²) in [6.45, 7) is 12.9. The molecular formula is C15H27N3O2S. The molecule has 0 aliphatic carbocycles. The average Bonchev–Trinajstić information content (AvgIpc) is 2.80. The summed E-state index contributed by atoms with van der Waals surface area (Å²) in [5.41, 5.74) is 0.00836. The second-order valence-corrected chi connectivity index (χ2v) is 7.74. The molecule has 0 aromatic carbocycles. The van der Waals surface area contributed by atoms with Gasteiger partial charge in [-0.25, -0.2) is 9.78 Å². The monoisotopic (exact) mass is 313 g/mol. The van der Waals surface area contributed by atoms with Gasteiger partial charge in [0.2, 0.25) is 0 Å². The molecule has 1 aromatic heterocycles. The van der Waals surface area contributed by atoms with Gasteiger partial charge in [0.25, 0.3) is 0 Å². The Morgan fingerprint density at radius 3 is 2.43 bits per heavy atom. The summed E-state index contributed by atoms with van der Waals surface area (Å²) in [6.07, 6.45) is 0. The van der Waals surface area contributed by atoms with E-state index in [2.05, 4.69) is 31.1 Å². The predicted molar refractivity (Wildman–Crippen MR) is 86.6 cm³/mol. The molecule has 0 fully saturated rings. The predicted octanol–water partition coefficient (Wildman–Crippen LogP) is 2.74. The number of carbonyl (C=O) groups excluding carboxylic acids is 1. The second kappa shape index (κ2) is 6.75. The van der Waals surface area contributed by atoms with Gasteiger partial charge in [-0.2, -0.15) is 0 Å². The molecule has 1 heterocycles. The molecule has 0 aliphatic heterocycles. The SMILES string of the molecule is CCN(CC(C)(C)O)C(=O)NCc1csc(C(C)(C)C)n1. The molecule has 2 N–H and O–H groups in total. The minimum atomic E-state index is -0.895. The van der Waals surface area contributed by atoms with Crippen molar-refractivity contribution in [3.63, 3.8) is 0 Å². The highest BCUT2D eigenvalue weighted by atomic mass is 32.1. The number of hydrogen-bond donors (Lipinski definition) is 2. The van der Waals surface area contributed by atoms with E-state index >= 15 is 0 Å². The highest BCUT2D eigenvalue weighted by molar-refractivity contribution is 7.09. The maximum atomic E-state index is 12.1. The van der Waals surface area contributed by atoms with E-state index in [0.29, 0.717) is 19.6 Å². The summed E-state index contributed by atoms with van der Waals surface area (Å²) in [7, 11) is 0. The van der Waals surface area contributed by atoms with Gasteiger partial charge in [-0.15, -0.1) is 11.3 Å². The zero-order chi connectivity index (χ0) is 16.3. The fourth-order valence-electron chi connectivity index (χ4n) is 1.80. The van der Waals surface area contributed by atoms with Gasteiger partial charge in [0.15, 0.2) is 0 Å². The summed E-state index contributed by atoms with van der Waals surface area (Å²) in [5.74, 6) is 0. The van der Waals surface area contributed by atoms with Crippen molar-refractivity contribution in [3.8, 4) is 0 Å². The summed E-state index contributed by atoms with van der Waals surface area (Å²) >= 11 is 1.62. The van der Waals surface area contributed by atoms with Gasteiger partial charge in [0.1, 0.15) is 0 Å². The van der Waals surface area contributed by atoms with Gasteiger partial charge in [-0.05, 0) is 20.8 Å². The lowest BCUT2D eigenvalue weighted by atomic mass is 9.98. The molecule has 0 unspecified atom stereocenters. The van der Waals surface area contributed by atoms with E-state index in [1.807, 2.05) is 12.3 Å². The normalized spacial score (nSPS) is 12.3. The lowest BCUT2D eigenvalue weighted by molar-refractivity contribution is 0.0479. The second-order valence-electron chi connectivity index (χ2n) is 6.88. The summed E-state index contributed by atoms with van der Waals surface area (Å²) < 4.78 is 0. The molecule has 5 nitrogen and oxygen atoms in total. The van der Waals surface area contributed by atoms with Gasteiger partial charge in [0, 0.05) is 17.3 Å². The first-order chi connectivity index (χ1) is 9.53. The van der Waals surface area contributed by atoms with Gasteiger partial charge in [-0.1, -0.05) is 20.8 Å². The van der Waals surface area contributed by atoms with Crippen molar-refractivity contribution >= 4 is 17.4 Å². The molecule has 120 valence electrons. The zero-order valence-corrected chi connectivity index (χ0v) is 14.7. The lowest BCUT2D eigenvalue weighted by Gasteiger charge is -2.28. The molecular weight excluding hydrogens is 286 g/mol. The third-order valence-electron chi connectivity index (χ3n) is 2.86. The van der Waals surface area contributed by atoms with E-state index < -0.39 is 5.60 Å². The van der Waals surface area contributed by atoms with Crippen LogP contribution in [0.4, 0.5) is 4.79 Å². The Balaban J connectivity index is 2.57. The van der Waals surface area contributed by atoms with Crippen molar-refractivity contribution in [2.75, 3.05) is 13.1 Å². The number of thiazole rings is 1. The van der Waals surface area contributed by atoms with E-state index in [4.69, 9.17) is 0 Å². The molecule has 0 aliphatic rings. The fourth-order valence-corrected chi connectivity index (χ4v) is 2.71. The van der Waals surface area contributed by atoms with Crippen molar-refractivity contribution < 1.29 is 9.90 Å². The minimum absolute atomic E-state index is 0.0310. The number of urea groups is 1. The molecule has 0 atom stereocenters. The van der Waals surface area contributed by atoms with Gasteiger partial charge in [-0.3, -0.25) is 0 Å². The lowest BCUT2D eigenvalue weighted by Crippen LogP contribution is -2.46. The van der Waals surface area contributed by atoms with Crippen LogP contribution in [0.15, 0.2) is 5.38 Å². The highest BCUT2D eigenvalue weighted by Crippen LogP contribution is 2.25. The number of amides is 2. The largest absolute Gasteiger partial charge is 0.389 e. The molecule has 0 saturated heterocycles. The van der Waals surface area contributed by atoms with E-state index in [1.165, 1.54) is 0 Å². The van der Waals surface area contributed by atoms with Crippen LogP contribution < -0.4 is 5.32 Å². The first kappa shape index (κ1) is 17.9.